The Morgan fingerprint density at radius 1 is 0.848 bits per heavy atom. The van der Waals surface area contributed by atoms with Crippen LogP contribution < -0.4 is 0 Å². The molecule has 0 aliphatic rings. The first-order chi connectivity index (χ1) is 16.0. The largest absolute Gasteiger partial charge is 0.396 e. The number of aliphatic hydroxyl groups excluding tert-OH is 1. The van der Waals surface area contributed by atoms with Gasteiger partial charge in [-0.3, -0.25) is 0 Å². The highest BCUT2D eigenvalue weighted by atomic mass is 79.9. The Morgan fingerprint density at radius 2 is 1.33 bits per heavy atom. The molecule has 8 heteroatoms. The maximum Gasteiger partial charge on any atom is 0.188 e. The molecule has 4 rings (SSSR count). The van der Waals surface area contributed by atoms with Crippen molar-refractivity contribution in [2.24, 2.45) is 0 Å². The van der Waals surface area contributed by atoms with Crippen LogP contribution in [-0.4, -0.2) is 34.6 Å². The third kappa shape index (κ3) is 6.04. The molecule has 2 aromatic heterocycles. The number of methoxy groups -OCH3 is 1. The van der Waals surface area contributed by atoms with Gasteiger partial charge in [-0.1, -0.05) is 12.1 Å². The van der Waals surface area contributed by atoms with Gasteiger partial charge in [0, 0.05) is 76.6 Å². The van der Waals surface area contributed by atoms with E-state index in [1.807, 2.05) is 42.6 Å². The van der Waals surface area contributed by atoms with Crippen LogP contribution in [0.4, 0.5) is 11.4 Å². The van der Waals surface area contributed by atoms with E-state index < -0.39 is 0 Å². The molecule has 0 saturated carbocycles. The average molecular weight is 572 g/mol. The molecule has 0 atom stereocenters. The normalized spacial score (nSPS) is 10.6. The van der Waals surface area contributed by atoms with Crippen molar-refractivity contribution >= 4 is 65.0 Å². The molecule has 0 radical (unpaired) electrons. The molecule has 2 heterocycles. The van der Waals surface area contributed by atoms with Crippen LogP contribution in [0.15, 0.2) is 57.7 Å². The van der Waals surface area contributed by atoms with Crippen molar-refractivity contribution in [1.82, 2.24) is 9.13 Å². The highest BCUT2D eigenvalue weighted by Gasteiger charge is 2.08. The topological polar surface area (TPSA) is 48.0 Å². The molecular weight excluding hydrogens is 548 g/mol. The van der Waals surface area contributed by atoms with Crippen LogP contribution in [0.25, 0.3) is 31.5 Å². The van der Waals surface area contributed by atoms with Crippen LogP contribution in [0.5, 0.6) is 0 Å². The Hall–Kier alpha value is -2.62. The number of rotatable bonds is 7. The molecule has 0 spiro atoms. The molecule has 0 bridgehead atoms. The lowest BCUT2D eigenvalue weighted by molar-refractivity contribution is 0.190. The van der Waals surface area contributed by atoms with Gasteiger partial charge in [0.25, 0.3) is 0 Å². The molecule has 0 aliphatic carbocycles. The van der Waals surface area contributed by atoms with Gasteiger partial charge in [-0.05, 0) is 69.0 Å². The molecule has 4 aromatic rings. The van der Waals surface area contributed by atoms with Crippen molar-refractivity contribution in [3.63, 3.8) is 0 Å². The lowest BCUT2D eigenvalue weighted by Gasteiger charge is -2.04. The maximum atomic E-state index is 8.82. The summed E-state index contributed by atoms with van der Waals surface area (Å²) in [6.45, 7) is 16.7. The minimum atomic E-state index is 0.192. The van der Waals surface area contributed by atoms with Gasteiger partial charge in [0.1, 0.15) is 0 Å². The Labute approximate surface area is 210 Å². The number of ether oxygens (including phenoxy) is 1. The van der Waals surface area contributed by atoms with Gasteiger partial charge in [0.2, 0.25) is 0 Å². The summed E-state index contributed by atoms with van der Waals surface area (Å²) in [7, 11) is 1.71. The van der Waals surface area contributed by atoms with E-state index in [0.717, 1.165) is 63.3 Å². The smallest absolute Gasteiger partial charge is 0.188 e. The van der Waals surface area contributed by atoms with E-state index in [4.69, 9.17) is 23.0 Å². The van der Waals surface area contributed by atoms with Gasteiger partial charge in [-0.2, -0.15) is 0 Å². The highest BCUT2D eigenvalue weighted by Crippen LogP contribution is 2.31. The van der Waals surface area contributed by atoms with Crippen molar-refractivity contribution in [3.05, 3.63) is 80.6 Å². The van der Waals surface area contributed by atoms with Crippen molar-refractivity contribution in [2.45, 2.75) is 25.9 Å². The van der Waals surface area contributed by atoms with E-state index >= 15 is 0 Å². The second kappa shape index (κ2) is 12.0. The molecule has 2 aromatic carbocycles. The van der Waals surface area contributed by atoms with Gasteiger partial charge in [-0.25, -0.2) is 9.69 Å². The molecule has 0 aliphatic heterocycles. The van der Waals surface area contributed by atoms with Crippen LogP contribution in [0.1, 0.15) is 12.8 Å². The Balaban J connectivity index is 0.000000186. The molecule has 170 valence electrons. The molecular formula is C25H24Br2N4O2. The fourth-order valence-electron chi connectivity index (χ4n) is 3.61. The zero-order chi connectivity index (χ0) is 23.8. The van der Waals surface area contributed by atoms with Gasteiger partial charge in [0.05, 0.1) is 13.1 Å². The fourth-order valence-corrected chi connectivity index (χ4v) is 4.74. The Bertz CT molecular complexity index is 1330. The van der Waals surface area contributed by atoms with E-state index in [2.05, 4.69) is 56.9 Å². The van der Waals surface area contributed by atoms with Crippen LogP contribution in [0, 0.1) is 13.1 Å². The van der Waals surface area contributed by atoms with E-state index in [-0.39, 0.29) is 6.61 Å². The molecule has 33 heavy (non-hydrogen) atoms. The van der Waals surface area contributed by atoms with E-state index in [1.54, 1.807) is 7.11 Å². The second-order valence-corrected chi connectivity index (χ2v) is 9.10. The highest BCUT2D eigenvalue weighted by molar-refractivity contribution is 9.11. The number of hydrogen-bond acceptors (Lipinski definition) is 2. The van der Waals surface area contributed by atoms with Crippen molar-refractivity contribution in [3.8, 4) is 0 Å². The predicted molar refractivity (Wildman–Crippen MR) is 140 cm³/mol. The van der Waals surface area contributed by atoms with Gasteiger partial charge in [0.15, 0.2) is 11.4 Å². The van der Waals surface area contributed by atoms with Gasteiger partial charge >= 0.3 is 0 Å². The molecule has 0 amide bonds. The average Bonchev–Trinajstić information content (AvgIpc) is 3.33. The molecule has 0 fully saturated rings. The lowest BCUT2D eigenvalue weighted by atomic mass is 10.2. The summed E-state index contributed by atoms with van der Waals surface area (Å²) in [5.41, 5.74) is 3.56. The zero-order valence-corrected chi connectivity index (χ0v) is 21.4. The number of hydrogen-bond donors (Lipinski definition) is 1. The predicted octanol–water partition coefficient (Wildman–Crippen LogP) is 7.33. The summed E-state index contributed by atoms with van der Waals surface area (Å²) in [5, 5.41) is 11.0. The standard InChI is InChI=1S/C13H13BrN2O.C12H11BrN2O/c1-15-10-4-5-13-11(8-10)12(14)9-16(13)6-3-7-17-2;1-14-9-3-4-12-10(7-9)11(13)8-15(12)5-2-6-16/h4-5,8-9H,3,6-7H2,2H3;3-4,7-8,16H,2,5-6H2. The first-order valence-electron chi connectivity index (χ1n) is 10.4. The summed E-state index contributed by atoms with van der Waals surface area (Å²) in [6, 6.07) is 11.4. The van der Waals surface area contributed by atoms with Gasteiger partial charge < -0.3 is 19.0 Å². The summed E-state index contributed by atoms with van der Waals surface area (Å²) < 4.78 is 11.4. The summed E-state index contributed by atoms with van der Waals surface area (Å²) >= 11 is 7.02. The number of halogens is 2. The summed E-state index contributed by atoms with van der Waals surface area (Å²) in [4.78, 5) is 6.86. The SMILES string of the molecule is [C-]#[N+]c1ccc2c(c1)c(Br)cn2CCCO.[C-]#[N+]c1ccc2c(c1)c(Br)cn2CCCOC. The van der Waals surface area contributed by atoms with Crippen LogP contribution in [0.2, 0.25) is 0 Å². The van der Waals surface area contributed by atoms with Gasteiger partial charge in [-0.15, -0.1) is 0 Å². The number of aromatic nitrogens is 2. The van der Waals surface area contributed by atoms with Crippen molar-refractivity contribution in [2.75, 3.05) is 20.3 Å². The minimum Gasteiger partial charge on any atom is -0.396 e. The molecule has 0 saturated heterocycles. The second-order valence-electron chi connectivity index (χ2n) is 7.39. The maximum absolute atomic E-state index is 8.82. The molecule has 6 nitrogen and oxygen atoms in total. The molecule has 1 N–H and O–H groups in total. The first kappa shape index (κ1) is 25.0. The monoisotopic (exact) mass is 570 g/mol. The van der Waals surface area contributed by atoms with E-state index in [0.29, 0.717) is 11.4 Å². The summed E-state index contributed by atoms with van der Waals surface area (Å²) in [6.07, 6.45) is 5.78. The van der Waals surface area contributed by atoms with Crippen LogP contribution >= 0.6 is 31.9 Å². The third-order valence-corrected chi connectivity index (χ3v) is 6.46. The Morgan fingerprint density at radius 3 is 1.76 bits per heavy atom. The zero-order valence-electron chi connectivity index (χ0n) is 18.3. The van der Waals surface area contributed by atoms with Crippen LogP contribution in [0.3, 0.4) is 0 Å². The summed E-state index contributed by atoms with van der Waals surface area (Å²) in [5.74, 6) is 0. The first-order valence-corrected chi connectivity index (χ1v) is 12.0. The van der Waals surface area contributed by atoms with Crippen molar-refractivity contribution < 1.29 is 9.84 Å². The number of aliphatic hydroxyl groups is 1. The number of fused-ring (bicyclic) bond motifs is 2. The number of aryl methyl sites for hydroxylation is 2. The lowest BCUT2D eigenvalue weighted by Crippen LogP contribution is -1.99. The minimum absolute atomic E-state index is 0.192. The third-order valence-electron chi connectivity index (χ3n) is 5.19. The van der Waals surface area contributed by atoms with E-state index in [9.17, 15) is 0 Å². The molecule has 0 unspecified atom stereocenters. The van der Waals surface area contributed by atoms with Crippen LogP contribution in [-0.2, 0) is 17.8 Å². The quantitative estimate of drug-likeness (QED) is 0.186. The van der Waals surface area contributed by atoms with E-state index in [1.165, 1.54) is 0 Å². The Kier molecular flexibility index (Phi) is 9.11. The number of nitrogens with zero attached hydrogens (tertiary/aromatic N) is 4. The fraction of sp³-hybridized carbons (Fsp3) is 0.280. The van der Waals surface area contributed by atoms with Crippen molar-refractivity contribution in [1.29, 1.82) is 0 Å². The number of benzene rings is 2.